The third-order valence-corrected chi connectivity index (χ3v) is 2.74. The van der Waals surface area contributed by atoms with Crippen molar-refractivity contribution in [3.05, 3.63) is 48.5 Å². The summed E-state index contributed by atoms with van der Waals surface area (Å²) >= 11 is 0. The molecule has 0 fully saturated rings. The predicted octanol–water partition coefficient (Wildman–Crippen LogP) is 4.97. The highest BCUT2D eigenvalue weighted by atomic mass is 15.1. The fraction of sp³-hybridized carbons (Fsp3) is 0.250. The van der Waals surface area contributed by atoms with E-state index in [2.05, 4.69) is 34.7 Å². The molecular weight excluding hydrogens is 248 g/mol. The Morgan fingerprint density at radius 1 is 0.750 bits per heavy atom. The van der Waals surface area contributed by atoms with Crippen LogP contribution in [0.4, 0.5) is 22.7 Å². The Balaban J connectivity index is 2.12. The van der Waals surface area contributed by atoms with Gasteiger partial charge in [-0.15, -0.1) is 0 Å². The topological polar surface area (TPSA) is 48.8 Å². The van der Waals surface area contributed by atoms with Crippen molar-refractivity contribution in [1.82, 2.24) is 0 Å². The number of nitrogens with zero attached hydrogens (tertiary/aromatic N) is 2. The second kappa shape index (κ2) is 7.28. The molecule has 2 aromatic rings. The summed E-state index contributed by atoms with van der Waals surface area (Å²) in [5, 5.41) is 15.1. The minimum absolute atomic E-state index is 0.845. The quantitative estimate of drug-likeness (QED) is 0.727. The van der Waals surface area contributed by atoms with E-state index in [0.717, 1.165) is 35.8 Å². The zero-order chi connectivity index (χ0) is 14.2. The van der Waals surface area contributed by atoms with Crippen molar-refractivity contribution < 1.29 is 0 Å². The number of nitrogens with one attached hydrogen (secondary N) is 2. The first-order chi connectivity index (χ1) is 9.81. The number of hydrogen-bond acceptors (Lipinski definition) is 4. The molecule has 0 unspecified atom stereocenters. The normalized spacial score (nSPS) is 10.7. The lowest BCUT2D eigenvalue weighted by Gasteiger charge is -2.03. The lowest BCUT2D eigenvalue weighted by Crippen LogP contribution is -1.95. The number of anilines is 2. The van der Waals surface area contributed by atoms with Gasteiger partial charge in [0.15, 0.2) is 0 Å². The Kier molecular flexibility index (Phi) is 5.12. The van der Waals surface area contributed by atoms with E-state index in [4.69, 9.17) is 0 Å². The van der Waals surface area contributed by atoms with Crippen molar-refractivity contribution >= 4 is 22.7 Å². The zero-order valence-electron chi connectivity index (χ0n) is 11.9. The third kappa shape index (κ3) is 4.09. The molecule has 0 atom stereocenters. The van der Waals surface area contributed by atoms with Crippen LogP contribution in [0.2, 0.25) is 0 Å². The molecule has 0 aliphatic heterocycles. The molecular formula is C16H20N4. The van der Waals surface area contributed by atoms with Crippen LogP contribution in [0.3, 0.4) is 0 Å². The van der Waals surface area contributed by atoms with Crippen molar-refractivity contribution in [3.63, 3.8) is 0 Å². The van der Waals surface area contributed by atoms with Crippen molar-refractivity contribution in [3.8, 4) is 0 Å². The molecule has 2 aromatic carbocycles. The van der Waals surface area contributed by atoms with Crippen LogP contribution in [0, 0.1) is 0 Å². The first kappa shape index (κ1) is 14.1. The van der Waals surface area contributed by atoms with Gasteiger partial charge in [0.05, 0.1) is 11.4 Å². The van der Waals surface area contributed by atoms with Gasteiger partial charge in [-0.3, -0.25) is 0 Å². The summed E-state index contributed by atoms with van der Waals surface area (Å²) < 4.78 is 0. The van der Waals surface area contributed by atoms with Gasteiger partial charge in [0, 0.05) is 24.5 Å². The zero-order valence-corrected chi connectivity index (χ0v) is 11.9. The van der Waals surface area contributed by atoms with E-state index in [1.54, 1.807) is 0 Å². The first-order valence-corrected chi connectivity index (χ1v) is 6.91. The summed E-state index contributed by atoms with van der Waals surface area (Å²) in [5.41, 5.74) is 3.81. The van der Waals surface area contributed by atoms with Crippen LogP contribution in [0.15, 0.2) is 58.8 Å². The SMILES string of the molecule is CCNc1cccc(N=Nc2cccc(NCC)c2)c1. The number of hydrogen-bond donors (Lipinski definition) is 2. The molecule has 4 heteroatoms. The van der Waals surface area contributed by atoms with Gasteiger partial charge in [0.25, 0.3) is 0 Å². The Bertz CT molecular complexity index is 527. The second-order valence-electron chi connectivity index (χ2n) is 4.36. The highest BCUT2D eigenvalue weighted by molar-refractivity contribution is 5.55. The van der Waals surface area contributed by atoms with E-state index in [-0.39, 0.29) is 0 Å². The molecule has 0 aliphatic rings. The van der Waals surface area contributed by atoms with Gasteiger partial charge in [-0.05, 0) is 50.2 Å². The van der Waals surface area contributed by atoms with Crippen LogP contribution < -0.4 is 10.6 Å². The maximum Gasteiger partial charge on any atom is 0.0877 e. The summed E-state index contributed by atoms with van der Waals surface area (Å²) in [6.07, 6.45) is 0. The van der Waals surface area contributed by atoms with Crippen LogP contribution in [-0.2, 0) is 0 Å². The van der Waals surface area contributed by atoms with Crippen molar-refractivity contribution in [2.45, 2.75) is 13.8 Å². The standard InChI is InChI=1S/C16H20N4/c1-3-17-13-7-5-9-15(11-13)19-20-16-10-6-8-14(12-16)18-4-2/h5-12,17-18H,3-4H2,1-2H3. The molecule has 104 valence electrons. The molecule has 0 aliphatic carbocycles. The van der Waals surface area contributed by atoms with Crippen molar-refractivity contribution in [2.75, 3.05) is 23.7 Å². The molecule has 2 N–H and O–H groups in total. The Hall–Kier alpha value is -2.36. The predicted molar refractivity (Wildman–Crippen MR) is 85.4 cm³/mol. The van der Waals surface area contributed by atoms with E-state index >= 15 is 0 Å². The molecule has 20 heavy (non-hydrogen) atoms. The van der Waals surface area contributed by atoms with Gasteiger partial charge in [0.1, 0.15) is 0 Å². The number of azo groups is 1. The Morgan fingerprint density at radius 3 is 1.60 bits per heavy atom. The summed E-state index contributed by atoms with van der Waals surface area (Å²) in [5.74, 6) is 0. The number of benzene rings is 2. The summed E-state index contributed by atoms with van der Waals surface area (Å²) in [4.78, 5) is 0. The van der Waals surface area contributed by atoms with E-state index in [1.165, 1.54) is 0 Å². The Labute approximate surface area is 119 Å². The molecule has 0 radical (unpaired) electrons. The third-order valence-electron chi connectivity index (χ3n) is 2.74. The van der Waals surface area contributed by atoms with Gasteiger partial charge in [-0.1, -0.05) is 12.1 Å². The van der Waals surface area contributed by atoms with Gasteiger partial charge >= 0.3 is 0 Å². The lowest BCUT2D eigenvalue weighted by atomic mass is 10.3. The molecule has 0 saturated heterocycles. The minimum atomic E-state index is 0.845. The minimum Gasteiger partial charge on any atom is -0.385 e. The molecule has 2 rings (SSSR count). The fourth-order valence-electron chi connectivity index (χ4n) is 1.88. The molecule has 0 saturated carbocycles. The maximum atomic E-state index is 4.28. The highest BCUT2D eigenvalue weighted by Gasteiger charge is 1.95. The van der Waals surface area contributed by atoms with Gasteiger partial charge in [0.2, 0.25) is 0 Å². The molecule has 0 amide bonds. The fourth-order valence-corrected chi connectivity index (χ4v) is 1.88. The van der Waals surface area contributed by atoms with E-state index in [0.29, 0.717) is 0 Å². The smallest absolute Gasteiger partial charge is 0.0877 e. The second-order valence-corrected chi connectivity index (χ2v) is 4.36. The Morgan fingerprint density at radius 2 is 1.20 bits per heavy atom. The van der Waals surface area contributed by atoms with Crippen molar-refractivity contribution in [1.29, 1.82) is 0 Å². The molecule has 4 nitrogen and oxygen atoms in total. The van der Waals surface area contributed by atoms with E-state index < -0.39 is 0 Å². The van der Waals surface area contributed by atoms with Crippen molar-refractivity contribution in [2.24, 2.45) is 10.2 Å². The van der Waals surface area contributed by atoms with Gasteiger partial charge < -0.3 is 10.6 Å². The lowest BCUT2D eigenvalue weighted by molar-refractivity contribution is 1.19. The summed E-state index contributed by atoms with van der Waals surface area (Å²) in [6.45, 7) is 5.93. The molecule has 0 heterocycles. The number of rotatable bonds is 6. The van der Waals surface area contributed by atoms with E-state index in [1.807, 2.05) is 48.5 Å². The maximum absolute atomic E-state index is 4.28. The van der Waals surface area contributed by atoms with E-state index in [9.17, 15) is 0 Å². The van der Waals surface area contributed by atoms with Crippen LogP contribution in [-0.4, -0.2) is 13.1 Å². The highest BCUT2D eigenvalue weighted by Crippen LogP contribution is 2.23. The van der Waals surface area contributed by atoms with Crippen LogP contribution >= 0.6 is 0 Å². The van der Waals surface area contributed by atoms with Gasteiger partial charge in [-0.2, -0.15) is 10.2 Å². The average Bonchev–Trinajstić information content (AvgIpc) is 2.47. The average molecular weight is 268 g/mol. The van der Waals surface area contributed by atoms with Crippen LogP contribution in [0.25, 0.3) is 0 Å². The molecule has 0 bridgehead atoms. The van der Waals surface area contributed by atoms with Crippen LogP contribution in [0.1, 0.15) is 13.8 Å². The monoisotopic (exact) mass is 268 g/mol. The van der Waals surface area contributed by atoms with Crippen LogP contribution in [0.5, 0.6) is 0 Å². The molecule has 0 aromatic heterocycles. The largest absolute Gasteiger partial charge is 0.385 e. The first-order valence-electron chi connectivity index (χ1n) is 6.91. The summed E-state index contributed by atoms with van der Waals surface area (Å²) in [7, 11) is 0. The van der Waals surface area contributed by atoms with Gasteiger partial charge in [-0.25, -0.2) is 0 Å². The molecule has 0 spiro atoms. The summed E-state index contributed by atoms with van der Waals surface area (Å²) in [6, 6.07) is 15.9.